The fourth-order valence-corrected chi connectivity index (χ4v) is 5.43. The average molecular weight is 644 g/mol. The van der Waals surface area contributed by atoms with E-state index in [1.807, 2.05) is 54.6 Å². The number of carbonyl (C=O) groups excluding carboxylic acids is 2. The molecule has 1 unspecified atom stereocenters. The van der Waals surface area contributed by atoms with Gasteiger partial charge in [-0.2, -0.15) is 13.2 Å². The number of ether oxygens (including phenoxy) is 1. The van der Waals surface area contributed by atoms with Crippen molar-refractivity contribution in [1.82, 2.24) is 10.2 Å². The highest BCUT2D eigenvalue weighted by molar-refractivity contribution is 5.94. The lowest BCUT2D eigenvalue weighted by Gasteiger charge is -2.34. The number of carbonyl (C=O) groups is 2. The third-order valence-corrected chi connectivity index (χ3v) is 8.05. The van der Waals surface area contributed by atoms with Gasteiger partial charge in [0.25, 0.3) is 5.91 Å². The summed E-state index contributed by atoms with van der Waals surface area (Å²) in [5.74, 6) is 1.14. The zero-order valence-electron chi connectivity index (χ0n) is 25.7. The summed E-state index contributed by atoms with van der Waals surface area (Å²) >= 11 is 0. The van der Waals surface area contributed by atoms with Crippen LogP contribution in [0.1, 0.15) is 45.5 Å². The molecular formula is C37H36F3N3O4. The number of hydrogen-bond acceptors (Lipinski definition) is 4. The standard InChI is InChI=1S/C37H36F3N3O4/c38-37(39,40)32-6-4-5-27(23-32)13-18-35(44)42-21-19-30(20-22-42)26-43(46)25-29-9-14-31(15-10-29)36(45)41-24-28-11-16-34(17-12-28)47-33-7-2-1-3-8-33/h1-18,23,30,43H,19-22,24-26H2,(H,41,45)/b18-13+. The summed E-state index contributed by atoms with van der Waals surface area (Å²) < 4.78 is 44.6. The van der Waals surface area contributed by atoms with Crippen molar-refractivity contribution < 1.29 is 32.6 Å². The lowest BCUT2D eigenvalue weighted by molar-refractivity contribution is -0.866. The normalized spacial score (nSPS) is 14.6. The molecule has 2 N–H and O–H groups in total. The second-order valence-electron chi connectivity index (χ2n) is 11.6. The molecule has 0 spiro atoms. The molecule has 1 aliphatic rings. The summed E-state index contributed by atoms with van der Waals surface area (Å²) in [6, 6.07) is 28.8. The Kier molecular flexibility index (Phi) is 11.1. The van der Waals surface area contributed by atoms with E-state index in [0.717, 1.165) is 29.0 Å². The highest BCUT2D eigenvalue weighted by Gasteiger charge is 2.30. The van der Waals surface area contributed by atoms with Gasteiger partial charge >= 0.3 is 6.18 Å². The van der Waals surface area contributed by atoms with Gasteiger partial charge in [-0.3, -0.25) is 9.59 Å². The minimum absolute atomic E-state index is 0.0936. The number of nitrogens with one attached hydrogen (secondary N) is 2. The minimum atomic E-state index is -4.44. The van der Waals surface area contributed by atoms with Crippen LogP contribution in [0.25, 0.3) is 6.08 Å². The summed E-state index contributed by atoms with van der Waals surface area (Å²) in [6.07, 6.45) is -0.399. The van der Waals surface area contributed by atoms with Crippen LogP contribution < -0.4 is 15.1 Å². The summed E-state index contributed by atoms with van der Waals surface area (Å²) in [7, 11) is 0. The van der Waals surface area contributed by atoms with Crippen molar-refractivity contribution in [2.24, 2.45) is 5.92 Å². The van der Waals surface area contributed by atoms with Crippen LogP contribution in [0.3, 0.4) is 0 Å². The van der Waals surface area contributed by atoms with Gasteiger partial charge in [0, 0.05) is 42.8 Å². The molecule has 1 aliphatic heterocycles. The van der Waals surface area contributed by atoms with Crippen molar-refractivity contribution in [1.29, 1.82) is 0 Å². The van der Waals surface area contributed by atoms with Gasteiger partial charge < -0.3 is 25.2 Å². The molecule has 2 amide bonds. The Morgan fingerprint density at radius 2 is 1.53 bits per heavy atom. The van der Waals surface area contributed by atoms with Crippen molar-refractivity contribution in [2.45, 2.75) is 32.1 Å². The Balaban J connectivity index is 1.01. The van der Waals surface area contributed by atoms with Crippen LogP contribution in [0, 0.1) is 11.1 Å². The number of likely N-dealkylation sites (tertiary alicyclic amines) is 1. The predicted octanol–water partition coefficient (Wildman–Crippen LogP) is 6.26. The third-order valence-electron chi connectivity index (χ3n) is 8.05. The number of alkyl halides is 3. The molecule has 1 saturated heterocycles. The Morgan fingerprint density at radius 3 is 2.21 bits per heavy atom. The molecule has 1 atom stereocenters. The van der Waals surface area contributed by atoms with E-state index in [9.17, 15) is 28.0 Å². The lowest BCUT2D eigenvalue weighted by Crippen LogP contribution is -3.06. The molecule has 47 heavy (non-hydrogen) atoms. The summed E-state index contributed by atoms with van der Waals surface area (Å²) in [5, 5.41) is 15.8. The molecule has 4 aromatic rings. The molecule has 10 heteroatoms. The molecule has 0 bridgehead atoms. The third kappa shape index (κ3) is 10.0. The van der Waals surface area contributed by atoms with Gasteiger partial charge in [0.05, 0.1) is 12.1 Å². The largest absolute Gasteiger partial charge is 0.634 e. The molecule has 0 saturated carbocycles. The SMILES string of the molecule is O=C(NCc1ccc(Oc2ccccc2)cc1)c1ccc(C[NH+]([O-])CC2CCN(C(=O)/C=C/c3cccc(C(F)(F)F)c3)CC2)cc1. The summed E-state index contributed by atoms with van der Waals surface area (Å²) in [6.45, 7) is 2.00. The summed E-state index contributed by atoms with van der Waals surface area (Å²) in [5.41, 5.74) is 1.81. The molecule has 7 nitrogen and oxygen atoms in total. The molecule has 244 valence electrons. The van der Waals surface area contributed by atoms with Crippen LogP contribution in [0.2, 0.25) is 0 Å². The lowest BCUT2D eigenvalue weighted by atomic mass is 9.96. The maximum absolute atomic E-state index is 12.9. The number of benzene rings is 4. The van der Waals surface area contributed by atoms with Crippen molar-refractivity contribution >= 4 is 17.9 Å². The second kappa shape index (κ2) is 15.6. The Hall–Kier alpha value is -4.93. The number of para-hydroxylation sites is 1. The topological polar surface area (TPSA) is 86.1 Å². The first-order chi connectivity index (χ1) is 22.6. The van der Waals surface area contributed by atoms with Crippen molar-refractivity contribution in [3.63, 3.8) is 0 Å². The molecular weight excluding hydrogens is 607 g/mol. The maximum Gasteiger partial charge on any atom is 0.416 e. The van der Waals surface area contributed by atoms with Gasteiger partial charge in [0.1, 0.15) is 18.0 Å². The van der Waals surface area contributed by atoms with E-state index in [2.05, 4.69) is 5.32 Å². The number of nitrogens with zero attached hydrogens (tertiary/aromatic N) is 1. The highest BCUT2D eigenvalue weighted by atomic mass is 19.4. The number of halogens is 3. The predicted molar refractivity (Wildman–Crippen MR) is 173 cm³/mol. The highest BCUT2D eigenvalue weighted by Crippen LogP contribution is 2.30. The first-order valence-corrected chi connectivity index (χ1v) is 15.5. The monoisotopic (exact) mass is 643 g/mol. The van der Waals surface area contributed by atoms with Gasteiger partial charge in [-0.1, -0.05) is 54.6 Å². The number of hydrogen-bond donors (Lipinski definition) is 2. The van der Waals surface area contributed by atoms with E-state index in [4.69, 9.17) is 4.74 Å². The van der Waals surface area contributed by atoms with Gasteiger partial charge in [0.15, 0.2) is 0 Å². The van der Waals surface area contributed by atoms with Crippen LogP contribution in [0.5, 0.6) is 11.5 Å². The van der Waals surface area contributed by atoms with Gasteiger partial charge in [-0.25, -0.2) is 0 Å². The number of piperidine rings is 1. The Morgan fingerprint density at radius 1 is 0.872 bits per heavy atom. The Bertz CT molecular complexity index is 1650. The van der Waals surface area contributed by atoms with E-state index in [-0.39, 0.29) is 29.3 Å². The Labute approximate surface area is 271 Å². The maximum atomic E-state index is 12.9. The van der Waals surface area contributed by atoms with Gasteiger partial charge in [0.2, 0.25) is 5.91 Å². The van der Waals surface area contributed by atoms with E-state index >= 15 is 0 Å². The van der Waals surface area contributed by atoms with Crippen molar-refractivity contribution in [2.75, 3.05) is 19.6 Å². The van der Waals surface area contributed by atoms with Crippen molar-refractivity contribution in [3.8, 4) is 11.5 Å². The molecule has 1 heterocycles. The fourth-order valence-electron chi connectivity index (χ4n) is 5.43. The first-order valence-electron chi connectivity index (χ1n) is 15.5. The van der Waals surface area contributed by atoms with E-state index in [0.29, 0.717) is 55.9 Å². The zero-order chi connectivity index (χ0) is 33.2. The number of hydroxylamine groups is 2. The van der Waals surface area contributed by atoms with Crippen LogP contribution in [0.15, 0.2) is 109 Å². The summed E-state index contributed by atoms with van der Waals surface area (Å²) in [4.78, 5) is 26.9. The van der Waals surface area contributed by atoms with Crippen LogP contribution in [-0.4, -0.2) is 36.3 Å². The molecule has 0 aliphatic carbocycles. The quantitative estimate of drug-likeness (QED) is 0.149. The first kappa shape index (κ1) is 33.4. The molecule has 5 rings (SSSR count). The molecule has 1 fully saturated rings. The smallest absolute Gasteiger partial charge is 0.416 e. The van der Waals surface area contributed by atoms with Gasteiger partial charge in [-0.05, 0) is 78.6 Å². The zero-order valence-corrected chi connectivity index (χ0v) is 25.7. The molecule has 0 aromatic heterocycles. The number of rotatable bonds is 11. The minimum Gasteiger partial charge on any atom is -0.634 e. The van der Waals surface area contributed by atoms with Crippen LogP contribution in [0.4, 0.5) is 13.2 Å². The number of amides is 2. The van der Waals surface area contributed by atoms with E-state index < -0.39 is 11.7 Å². The molecule has 0 radical (unpaired) electrons. The van der Waals surface area contributed by atoms with E-state index in [1.165, 1.54) is 24.3 Å². The van der Waals surface area contributed by atoms with Gasteiger partial charge in [-0.15, -0.1) is 0 Å². The van der Waals surface area contributed by atoms with Crippen molar-refractivity contribution in [3.05, 3.63) is 142 Å². The molecule has 4 aromatic carbocycles. The van der Waals surface area contributed by atoms with Crippen LogP contribution >= 0.6 is 0 Å². The van der Waals surface area contributed by atoms with Crippen LogP contribution in [-0.2, 0) is 24.1 Å². The average Bonchev–Trinajstić information content (AvgIpc) is 3.07. The number of quaternary nitrogens is 1. The fraction of sp³-hybridized carbons (Fsp3) is 0.243. The second-order valence-corrected chi connectivity index (χ2v) is 11.6. The van der Waals surface area contributed by atoms with E-state index in [1.54, 1.807) is 29.2 Å².